The predicted molar refractivity (Wildman–Crippen MR) is 106 cm³/mol. The molecule has 0 bridgehead atoms. The number of halogens is 1. The lowest BCUT2D eigenvalue weighted by atomic mass is 10.0. The number of carbonyl (C=O) groups excluding carboxylic acids is 1. The number of hydrogen-bond acceptors (Lipinski definition) is 1. The fourth-order valence-electron chi connectivity index (χ4n) is 3.67. The van der Waals surface area contributed by atoms with E-state index in [0.717, 1.165) is 39.8 Å². The van der Waals surface area contributed by atoms with Gasteiger partial charge in [0.15, 0.2) is 0 Å². The van der Waals surface area contributed by atoms with Crippen LogP contribution in [0.2, 0.25) is 5.02 Å². The van der Waals surface area contributed by atoms with Crippen molar-refractivity contribution in [2.75, 3.05) is 5.32 Å². The number of carbonyl (C=O) groups is 1. The zero-order chi connectivity index (χ0) is 18.3. The third kappa shape index (κ3) is 3.05. The normalized spacial score (nSPS) is 11.1. The van der Waals surface area contributed by atoms with Crippen molar-refractivity contribution in [3.8, 4) is 0 Å². The number of hydrogen-bond donors (Lipinski definition) is 1. The van der Waals surface area contributed by atoms with E-state index >= 15 is 0 Å². The average molecular weight is 355 g/mol. The van der Waals surface area contributed by atoms with E-state index < -0.39 is 0 Å². The second-order valence-corrected chi connectivity index (χ2v) is 7.04. The molecule has 1 amide bonds. The van der Waals surface area contributed by atoms with Crippen LogP contribution < -0.4 is 5.32 Å². The van der Waals surface area contributed by atoms with E-state index in [9.17, 15) is 4.79 Å². The van der Waals surface area contributed by atoms with Crippen molar-refractivity contribution in [1.29, 1.82) is 0 Å². The first kappa shape index (κ1) is 17.6. The summed E-state index contributed by atoms with van der Waals surface area (Å²) < 4.78 is 2.05. The van der Waals surface area contributed by atoms with Crippen LogP contribution in [0.25, 0.3) is 10.9 Å². The number of rotatable bonds is 3. The van der Waals surface area contributed by atoms with E-state index in [1.165, 1.54) is 5.56 Å². The van der Waals surface area contributed by atoms with E-state index in [1.54, 1.807) is 0 Å². The number of aryl methyl sites for hydroxylation is 5. The standard InChI is InChI=1S/C21H23ClN2O/c1-6-24-18-8-7-16(22)11-17(18)15(5)20(24)21(25)23-19-13(3)9-12(2)10-14(19)4/h7-11H,6H2,1-5H3,(H,23,25). The van der Waals surface area contributed by atoms with E-state index in [0.29, 0.717) is 10.7 Å². The lowest BCUT2D eigenvalue weighted by molar-refractivity contribution is 0.101. The Bertz CT molecular complexity index is 962. The summed E-state index contributed by atoms with van der Waals surface area (Å²) in [5.41, 5.74) is 6.92. The molecular weight excluding hydrogens is 332 g/mol. The van der Waals surface area contributed by atoms with Crippen molar-refractivity contribution in [3.63, 3.8) is 0 Å². The second kappa shape index (κ2) is 6.57. The van der Waals surface area contributed by atoms with Gasteiger partial charge in [-0.1, -0.05) is 29.3 Å². The van der Waals surface area contributed by atoms with Gasteiger partial charge in [-0.2, -0.15) is 0 Å². The molecule has 0 radical (unpaired) electrons. The van der Waals surface area contributed by atoms with Gasteiger partial charge in [-0.3, -0.25) is 4.79 Å². The van der Waals surface area contributed by atoms with Crippen molar-refractivity contribution < 1.29 is 4.79 Å². The molecule has 4 heteroatoms. The average Bonchev–Trinajstić information content (AvgIpc) is 2.82. The SMILES string of the molecule is CCn1c(C(=O)Nc2c(C)cc(C)cc2C)c(C)c2cc(Cl)ccc21. The molecule has 3 nitrogen and oxygen atoms in total. The number of anilines is 1. The van der Waals surface area contributed by atoms with Gasteiger partial charge >= 0.3 is 0 Å². The van der Waals surface area contributed by atoms with Crippen LogP contribution in [0.3, 0.4) is 0 Å². The summed E-state index contributed by atoms with van der Waals surface area (Å²) in [7, 11) is 0. The molecule has 0 aliphatic rings. The fourth-order valence-corrected chi connectivity index (χ4v) is 3.84. The Labute approximate surface area is 153 Å². The minimum absolute atomic E-state index is 0.0817. The summed E-state index contributed by atoms with van der Waals surface area (Å²) in [6.07, 6.45) is 0. The molecule has 3 aromatic rings. The molecule has 130 valence electrons. The molecule has 0 atom stereocenters. The van der Waals surface area contributed by atoms with Crippen LogP contribution >= 0.6 is 11.6 Å². The van der Waals surface area contributed by atoms with Crippen molar-refractivity contribution >= 4 is 34.1 Å². The monoisotopic (exact) mass is 354 g/mol. The van der Waals surface area contributed by atoms with E-state index in [1.807, 2.05) is 45.9 Å². The highest BCUT2D eigenvalue weighted by Gasteiger charge is 2.20. The number of aromatic nitrogens is 1. The molecule has 3 rings (SSSR count). The molecule has 0 unspecified atom stereocenters. The van der Waals surface area contributed by atoms with E-state index in [2.05, 4.69) is 28.9 Å². The van der Waals surface area contributed by atoms with E-state index in [-0.39, 0.29) is 5.91 Å². The molecule has 2 aromatic carbocycles. The zero-order valence-electron chi connectivity index (χ0n) is 15.3. The Kier molecular flexibility index (Phi) is 4.61. The lowest BCUT2D eigenvalue weighted by Gasteiger charge is -2.14. The van der Waals surface area contributed by atoms with Crippen LogP contribution in [0, 0.1) is 27.7 Å². The predicted octanol–water partition coefficient (Wildman–Crippen LogP) is 5.80. The summed E-state index contributed by atoms with van der Waals surface area (Å²) in [5, 5.41) is 4.83. The number of amides is 1. The van der Waals surface area contributed by atoms with Crippen molar-refractivity contribution in [1.82, 2.24) is 4.57 Å². The Morgan fingerprint density at radius 2 is 1.72 bits per heavy atom. The summed E-state index contributed by atoms with van der Waals surface area (Å²) in [6.45, 7) is 10.9. The minimum Gasteiger partial charge on any atom is -0.337 e. The molecule has 1 heterocycles. The first-order valence-electron chi connectivity index (χ1n) is 8.51. The van der Waals surface area contributed by atoms with Crippen LogP contribution in [0.5, 0.6) is 0 Å². The van der Waals surface area contributed by atoms with Crippen molar-refractivity contribution in [3.05, 3.63) is 63.3 Å². The van der Waals surface area contributed by atoms with Crippen LogP contribution in [0.4, 0.5) is 5.69 Å². The topological polar surface area (TPSA) is 34.0 Å². The molecule has 25 heavy (non-hydrogen) atoms. The van der Waals surface area contributed by atoms with Gasteiger partial charge in [0.25, 0.3) is 5.91 Å². The largest absolute Gasteiger partial charge is 0.337 e. The second-order valence-electron chi connectivity index (χ2n) is 6.61. The maximum Gasteiger partial charge on any atom is 0.272 e. The highest BCUT2D eigenvalue weighted by Crippen LogP contribution is 2.30. The Balaban J connectivity index is 2.10. The van der Waals surface area contributed by atoms with Gasteiger partial charge in [-0.25, -0.2) is 0 Å². The quantitative estimate of drug-likeness (QED) is 0.633. The third-order valence-electron chi connectivity index (χ3n) is 4.73. The van der Waals surface area contributed by atoms with Crippen LogP contribution in [0.15, 0.2) is 30.3 Å². The summed E-state index contributed by atoms with van der Waals surface area (Å²) in [6, 6.07) is 9.95. The smallest absolute Gasteiger partial charge is 0.272 e. The van der Waals surface area contributed by atoms with Gasteiger partial charge in [-0.05, 0) is 69.5 Å². The van der Waals surface area contributed by atoms with Gasteiger partial charge in [0, 0.05) is 28.2 Å². The zero-order valence-corrected chi connectivity index (χ0v) is 16.1. The maximum atomic E-state index is 13.1. The fraction of sp³-hybridized carbons (Fsp3) is 0.286. The molecule has 0 aliphatic heterocycles. The lowest BCUT2D eigenvalue weighted by Crippen LogP contribution is -2.19. The van der Waals surface area contributed by atoms with Crippen molar-refractivity contribution in [2.45, 2.75) is 41.2 Å². The summed E-state index contributed by atoms with van der Waals surface area (Å²) in [5.74, 6) is -0.0817. The molecule has 1 aromatic heterocycles. The Morgan fingerprint density at radius 1 is 1.08 bits per heavy atom. The van der Waals surface area contributed by atoms with Gasteiger partial charge in [0.2, 0.25) is 0 Å². The first-order valence-corrected chi connectivity index (χ1v) is 8.88. The van der Waals surface area contributed by atoms with Gasteiger partial charge in [0.05, 0.1) is 0 Å². The highest BCUT2D eigenvalue weighted by atomic mass is 35.5. The Hall–Kier alpha value is -2.26. The molecule has 0 aliphatic carbocycles. The Morgan fingerprint density at radius 3 is 2.32 bits per heavy atom. The van der Waals surface area contributed by atoms with Crippen molar-refractivity contribution in [2.24, 2.45) is 0 Å². The highest BCUT2D eigenvalue weighted by molar-refractivity contribution is 6.31. The molecule has 0 saturated heterocycles. The van der Waals surface area contributed by atoms with Crippen LogP contribution in [-0.2, 0) is 6.54 Å². The molecular formula is C21H23ClN2O. The van der Waals surface area contributed by atoms with Gasteiger partial charge < -0.3 is 9.88 Å². The number of benzene rings is 2. The van der Waals surface area contributed by atoms with E-state index in [4.69, 9.17) is 11.6 Å². The van der Waals surface area contributed by atoms with Crippen LogP contribution in [0.1, 0.15) is 39.7 Å². The summed E-state index contributed by atoms with van der Waals surface area (Å²) in [4.78, 5) is 13.1. The summed E-state index contributed by atoms with van der Waals surface area (Å²) >= 11 is 6.15. The number of fused-ring (bicyclic) bond motifs is 1. The minimum atomic E-state index is -0.0817. The molecule has 0 fully saturated rings. The number of nitrogens with zero attached hydrogens (tertiary/aromatic N) is 1. The van der Waals surface area contributed by atoms with Crippen LogP contribution in [-0.4, -0.2) is 10.5 Å². The first-order chi connectivity index (χ1) is 11.8. The molecule has 0 spiro atoms. The number of nitrogens with one attached hydrogen (secondary N) is 1. The molecule has 0 saturated carbocycles. The maximum absolute atomic E-state index is 13.1. The van der Waals surface area contributed by atoms with Gasteiger partial charge in [-0.15, -0.1) is 0 Å². The van der Waals surface area contributed by atoms with Gasteiger partial charge in [0.1, 0.15) is 5.69 Å². The third-order valence-corrected chi connectivity index (χ3v) is 4.96. The molecule has 1 N–H and O–H groups in total.